The number of hydrogen-bond donors (Lipinski definition) is 2. The minimum Gasteiger partial charge on any atom is -0.492 e. The van der Waals surface area contributed by atoms with E-state index in [2.05, 4.69) is 20.4 Å². The number of aromatic nitrogens is 4. The second-order valence-corrected chi connectivity index (χ2v) is 8.99. The topological polar surface area (TPSA) is 141 Å². The second kappa shape index (κ2) is 11.7. The van der Waals surface area contributed by atoms with E-state index >= 15 is 0 Å². The molecule has 3 aromatic rings. The summed E-state index contributed by atoms with van der Waals surface area (Å²) < 4.78 is 12.9. The fourth-order valence-electron chi connectivity index (χ4n) is 3.87. The van der Waals surface area contributed by atoms with Crippen molar-refractivity contribution in [2.75, 3.05) is 49.8 Å². The fourth-order valence-corrected chi connectivity index (χ4v) is 3.87. The zero-order valence-electron chi connectivity index (χ0n) is 21.2. The van der Waals surface area contributed by atoms with Crippen LogP contribution >= 0.6 is 0 Å². The molecule has 37 heavy (non-hydrogen) atoms. The van der Waals surface area contributed by atoms with Crippen LogP contribution in [0.25, 0.3) is 0 Å². The van der Waals surface area contributed by atoms with Crippen LogP contribution in [-0.2, 0) is 20.9 Å². The van der Waals surface area contributed by atoms with E-state index in [1.165, 1.54) is 10.9 Å². The van der Waals surface area contributed by atoms with E-state index in [1.54, 1.807) is 30.4 Å². The van der Waals surface area contributed by atoms with Gasteiger partial charge in [0.05, 0.1) is 31.1 Å². The van der Waals surface area contributed by atoms with Crippen LogP contribution in [-0.4, -0.2) is 82.5 Å². The maximum absolute atomic E-state index is 12.7. The van der Waals surface area contributed by atoms with Crippen molar-refractivity contribution in [3.8, 4) is 5.75 Å². The SMILES string of the molecule is Cc1ccc(OCCN(C)C(=O)Cn2cc(NC(=O)[C@H]3C[C@H](N(C)c4ccnc(N)n4)CO3)cn2)cc1. The number of ether oxygens (including phenoxy) is 2. The molecule has 0 unspecified atom stereocenters. The van der Waals surface area contributed by atoms with E-state index in [4.69, 9.17) is 15.2 Å². The van der Waals surface area contributed by atoms with Gasteiger partial charge >= 0.3 is 0 Å². The van der Waals surface area contributed by atoms with E-state index in [1.807, 2.05) is 43.1 Å². The summed E-state index contributed by atoms with van der Waals surface area (Å²) in [5, 5.41) is 7.01. The Labute approximate surface area is 215 Å². The van der Waals surface area contributed by atoms with Crippen molar-refractivity contribution < 1.29 is 19.1 Å². The predicted octanol–water partition coefficient (Wildman–Crippen LogP) is 1.33. The van der Waals surface area contributed by atoms with Crippen LogP contribution in [0.5, 0.6) is 5.75 Å². The lowest BCUT2D eigenvalue weighted by Crippen LogP contribution is -2.34. The Balaban J connectivity index is 1.21. The molecule has 0 bridgehead atoms. The number of hydrogen-bond acceptors (Lipinski definition) is 9. The first-order valence-electron chi connectivity index (χ1n) is 12.0. The van der Waals surface area contributed by atoms with Gasteiger partial charge in [-0.15, -0.1) is 0 Å². The molecule has 0 aliphatic carbocycles. The van der Waals surface area contributed by atoms with Crippen molar-refractivity contribution in [1.29, 1.82) is 0 Å². The Morgan fingerprint density at radius 2 is 2.03 bits per heavy atom. The lowest BCUT2D eigenvalue weighted by molar-refractivity contribution is -0.131. The summed E-state index contributed by atoms with van der Waals surface area (Å²) in [5.74, 6) is 1.23. The highest BCUT2D eigenvalue weighted by Gasteiger charge is 2.34. The number of aryl methyl sites for hydroxylation is 1. The molecule has 3 N–H and O–H groups in total. The van der Waals surface area contributed by atoms with Gasteiger partial charge in [0.15, 0.2) is 0 Å². The average molecular weight is 509 g/mol. The molecule has 12 heteroatoms. The molecule has 3 heterocycles. The molecule has 0 radical (unpaired) electrons. The third kappa shape index (κ3) is 6.94. The maximum atomic E-state index is 12.7. The highest BCUT2D eigenvalue weighted by molar-refractivity contribution is 5.94. The van der Waals surface area contributed by atoms with Gasteiger partial charge in [-0.3, -0.25) is 14.3 Å². The number of rotatable bonds is 10. The van der Waals surface area contributed by atoms with Gasteiger partial charge in [-0.1, -0.05) is 17.7 Å². The molecular weight excluding hydrogens is 476 g/mol. The molecule has 4 rings (SSSR count). The first-order chi connectivity index (χ1) is 17.8. The number of carbonyl (C=O) groups is 2. The normalized spacial score (nSPS) is 16.8. The van der Waals surface area contributed by atoms with Crippen LogP contribution in [0.4, 0.5) is 17.5 Å². The molecule has 1 aliphatic rings. The van der Waals surface area contributed by atoms with Gasteiger partial charge in [0, 0.05) is 32.9 Å². The van der Waals surface area contributed by atoms with Crippen LogP contribution in [0.2, 0.25) is 0 Å². The van der Waals surface area contributed by atoms with Gasteiger partial charge in [-0.25, -0.2) is 4.98 Å². The third-order valence-electron chi connectivity index (χ3n) is 6.18. The van der Waals surface area contributed by atoms with E-state index in [-0.39, 0.29) is 30.3 Å². The summed E-state index contributed by atoms with van der Waals surface area (Å²) in [4.78, 5) is 36.9. The van der Waals surface area contributed by atoms with Crippen molar-refractivity contribution >= 4 is 29.3 Å². The van der Waals surface area contributed by atoms with Gasteiger partial charge in [0.2, 0.25) is 11.9 Å². The number of nitrogen functional groups attached to an aromatic ring is 1. The highest BCUT2D eigenvalue weighted by atomic mass is 16.5. The zero-order chi connectivity index (χ0) is 26.4. The Morgan fingerprint density at radius 1 is 1.24 bits per heavy atom. The monoisotopic (exact) mass is 508 g/mol. The predicted molar refractivity (Wildman–Crippen MR) is 138 cm³/mol. The Hall–Kier alpha value is -4.19. The molecular formula is C25H32N8O4. The number of benzene rings is 1. The van der Waals surface area contributed by atoms with Crippen molar-refractivity contribution in [3.63, 3.8) is 0 Å². The van der Waals surface area contributed by atoms with Gasteiger partial charge in [-0.2, -0.15) is 10.1 Å². The number of carbonyl (C=O) groups excluding carboxylic acids is 2. The Morgan fingerprint density at radius 3 is 2.78 bits per heavy atom. The first-order valence-corrected chi connectivity index (χ1v) is 12.0. The molecule has 1 aliphatic heterocycles. The van der Waals surface area contributed by atoms with E-state index in [9.17, 15) is 9.59 Å². The van der Waals surface area contributed by atoms with Crippen LogP contribution < -0.4 is 20.7 Å². The molecule has 2 amide bonds. The number of nitrogens with two attached hydrogens (primary N) is 1. The summed E-state index contributed by atoms with van der Waals surface area (Å²) >= 11 is 0. The number of likely N-dealkylation sites (N-methyl/N-ethyl adjacent to an activating group) is 2. The quantitative estimate of drug-likeness (QED) is 0.415. The minimum atomic E-state index is -0.615. The smallest absolute Gasteiger partial charge is 0.253 e. The number of nitrogens with zero attached hydrogens (tertiary/aromatic N) is 6. The third-order valence-corrected chi connectivity index (χ3v) is 6.18. The molecule has 2 atom stereocenters. The molecule has 196 valence electrons. The first kappa shape index (κ1) is 25.9. The molecule has 12 nitrogen and oxygen atoms in total. The lowest BCUT2D eigenvalue weighted by atomic mass is 10.1. The van der Waals surface area contributed by atoms with E-state index in [0.29, 0.717) is 37.7 Å². The largest absolute Gasteiger partial charge is 0.492 e. The van der Waals surface area contributed by atoms with Crippen molar-refractivity contribution in [3.05, 3.63) is 54.5 Å². The highest BCUT2D eigenvalue weighted by Crippen LogP contribution is 2.23. The molecule has 1 aromatic carbocycles. The van der Waals surface area contributed by atoms with Gasteiger partial charge in [-0.05, 0) is 25.1 Å². The molecule has 0 saturated carbocycles. The fraction of sp³-hybridized carbons (Fsp3) is 0.400. The van der Waals surface area contributed by atoms with Gasteiger partial charge in [0.1, 0.15) is 30.8 Å². The molecule has 1 fully saturated rings. The number of anilines is 3. The summed E-state index contributed by atoms with van der Waals surface area (Å²) in [5.41, 5.74) is 7.32. The van der Waals surface area contributed by atoms with Crippen LogP contribution in [0.15, 0.2) is 48.9 Å². The second-order valence-electron chi connectivity index (χ2n) is 8.99. The van der Waals surface area contributed by atoms with Crippen LogP contribution in [0.1, 0.15) is 12.0 Å². The minimum absolute atomic E-state index is 0.0316. The van der Waals surface area contributed by atoms with Gasteiger partial charge in [0.25, 0.3) is 5.91 Å². The molecule has 0 spiro atoms. The van der Waals surface area contributed by atoms with Crippen molar-refractivity contribution in [2.24, 2.45) is 0 Å². The summed E-state index contributed by atoms with van der Waals surface area (Å²) in [6, 6.07) is 9.49. The average Bonchev–Trinajstić information content (AvgIpc) is 3.55. The van der Waals surface area contributed by atoms with E-state index in [0.717, 1.165) is 11.3 Å². The van der Waals surface area contributed by atoms with Gasteiger partial charge < -0.3 is 30.3 Å². The van der Waals surface area contributed by atoms with Crippen LogP contribution in [0, 0.1) is 6.92 Å². The lowest BCUT2D eigenvalue weighted by Gasteiger charge is -2.24. The maximum Gasteiger partial charge on any atom is 0.253 e. The summed E-state index contributed by atoms with van der Waals surface area (Å²) in [7, 11) is 3.59. The number of nitrogens with one attached hydrogen (secondary N) is 1. The summed E-state index contributed by atoms with van der Waals surface area (Å²) in [6.07, 6.45) is 4.60. The van der Waals surface area contributed by atoms with Crippen LogP contribution in [0.3, 0.4) is 0 Å². The number of amides is 2. The molecule has 1 saturated heterocycles. The standard InChI is InChI=1S/C25H32N8O4/c1-17-4-6-20(7-5-17)36-11-10-31(2)23(34)15-33-14-18(13-28-33)29-24(35)21-12-19(16-37-21)32(3)22-8-9-27-25(26)30-22/h4-9,13-14,19,21H,10-12,15-16H2,1-3H3,(H,29,35)(H2,26,27,30)/t19-,21+/m0/s1. The Bertz CT molecular complexity index is 1220. The van der Waals surface area contributed by atoms with Crippen molar-refractivity contribution in [2.45, 2.75) is 32.0 Å². The van der Waals surface area contributed by atoms with Crippen molar-refractivity contribution in [1.82, 2.24) is 24.6 Å². The molecule has 2 aromatic heterocycles. The van der Waals surface area contributed by atoms with E-state index < -0.39 is 6.10 Å². The summed E-state index contributed by atoms with van der Waals surface area (Å²) in [6.45, 7) is 3.26. The Kier molecular flexibility index (Phi) is 8.18. The zero-order valence-corrected chi connectivity index (χ0v) is 21.2.